The van der Waals surface area contributed by atoms with Gasteiger partial charge in [-0.05, 0) is 32.5 Å². The molecule has 3 nitrogen and oxygen atoms in total. The van der Waals surface area contributed by atoms with Crippen molar-refractivity contribution >= 4 is 8.32 Å². The Balaban J connectivity index is 2.90. The maximum Gasteiger partial charge on any atom is 0.187 e. The van der Waals surface area contributed by atoms with Gasteiger partial charge in [0.05, 0.1) is 6.07 Å². The van der Waals surface area contributed by atoms with Crippen molar-refractivity contribution in [2.24, 2.45) is 11.3 Å². The molecule has 0 aromatic heterocycles. The average molecular weight is 283 g/mol. The highest BCUT2D eigenvalue weighted by Gasteiger charge is 2.66. The summed E-state index contributed by atoms with van der Waals surface area (Å²) >= 11 is 0. The van der Waals surface area contributed by atoms with Crippen LogP contribution in [0.5, 0.6) is 0 Å². The van der Waals surface area contributed by atoms with Gasteiger partial charge in [-0.1, -0.05) is 33.1 Å². The summed E-state index contributed by atoms with van der Waals surface area (Å²) in [5.41, 5.74) is -0.0163. The topological polar surface area (TPSA) is 42.2 Å². The van der Waals surface area contributed by atoms with Crippen LogP contribution in [0.4, 0.5) is 0 Å². The van der Waals surface area contributed by atoms with Crippen molar-refractivity contribution in [3.05, 3.63) is 0 Å². The van der Waals surface area contributed by atoms with Crippen molar-refractivity contribution in [3.63, 3.8) is 0 Å². The molecule has 1 rings (SSSR count). The van der Waals surface area contributed by atoms with Crippen LogP contribution in [0.25, 0.3) is 0 Å². The molecule has 3 unspecified atom stereocenters. The van der Waals surface area contributed by atoms with E-state index in [1.165, 1.54) is 19.3 Å². The Labute approximate surface area is 119 Å². The van der Waals surface area contributed by atoms with Crippen molar-refractivity contribution in [3.8, 4) is 6.07 Å². The van der Waals surface area contributed by atoms with Gasteiger partial charge in [-0.2, -0.15) is 5.26 Å². The Morgan fingerprint density at radius 2 is 1.95 bits per heavy atom. The first-order valence-electron chi connectivity index (χ1n) is 7.39. The Kier molecular flexibility index (Phi) is 5.22. The summed E-state index contributed by atoms with van der Waals surface area (Å²) in [5.74, 6) is -0.809. The van der Waals surface area contributed by atoms with Crippen molar-refractivity contribution < 1.29 is 9.16 Å². The van der Waals surface area contributed by atoms with Gasteiger partial charge in [0.2, 0.25) is 0 Å². The summed E-state index contributed by atoms with van der Waals surface area (Å²) in [6.07, 6.45) is 5.61. The number of nitriles is 1. The minimum atomic E-state index is -1.75. The molecule has 0 amide bonds. The van der Waals surface area contributed by atoms with Crippen LogP contribution in [0.3, 0.4) is 0 Å². The largest absolute Gasteiger partial charge is 0.389 e. The summed E-state index contributed by atoms with van der Waals surface area (Å²) in [4.78, 5) is 0. The lowest BCUT2D eigenvalue weighted by atomic mass is 9.56. The molecule has 19 heavy (non-hydrogen) atoms. The fourth-order valence-electron chi connectivity index (χ4n) is 3.27. The van der Waals surface area contributed by atoms with Crippen molar-refractivity contribution in [2.75, 3.05) is 7.11 Å². The normalized spacial score (nSPS) is 34.7. The Morgan fingerprint density at radius 1 is 1.32 bits per heavy atom. The van der Waals surface area contributed by atoms with Crippen LogP contribution < -0.4 is 0 Å². The van der Waals surface area contributed by atoms with Crippen LogP contribution in [0, 0.1) is 22.7 Å². The zero-order valence-electron chi connectivity index (χ0n) is 13.4. The Morgan fingerprint density at radius 3 is 2.37 bits per heavy atom. The van der Waals surface area contributed by atoms with Gasteiger partial charge >= 0.3 is 0 Å². The van der Waals surface area contributed by atoms with E-state index in [4.69, 9.17) is 9.16 Å². The van der Waals surface area contributed by atoms with E-state index in [1.54, 1.807) is 7.11 Å². The van der Waals surface area contributed by atoms with Crippen LogP contribution >= 0.6 is 0 Å². The number of nitrogens with zero attached hydrogens (tertiary/aromatic N) is 1. The second-order valence-electron chi connectivity index (χ2n) is 6.99. The van der Waals surface area contributed by atoms with Gasteiger partial charge in [-0.15, -0.1) is 0 Å². The van der Waals surface area contributed by atoms with Crippen molar-refractivity contribution in [1.29, 1.82) is 5.26 Å². The van der Waals surface area contributed by atoms with Gasteiger partial charge in [0.1, 0.15) is 5.92 Å². The summed E-state index contributed by atoms with van der Waals surface area (Å²) < 4.78 is 12.1. The van der Waals surface area contributed by atoms with Gasteiger partial charge in [0.25, 0.3) is 0 Å². The third kappa shape index (κ3) is 3.21. The summed E-state index contributed by atoms with van der Waals surface area (Å²) in [6.45, 7) is 10.9. The molecule has 0 spiro atoms. The van der Waals surface area contributed by atoms with Gasteiger partial charge < -0.3 is 9.16 Å². The monoisotopic (exact) mass is 283 g/mol. The highest BCUT2D eigenvalue weighted by atomic mass is 28.4. The molecular weight excluding hydrogens is 254 g/mol. The number of rotatable bonds is 7. The zero-order valence-corrected chi connectivity index (χ0v) is 14.4. The zero-order chi connectivity index (χ0) is 14.7. The molecular formula is C15H29NO2Si. The minimum absolute atomic E-state index is 0.0163. The number of unbranched alkanes of at least 4 members (excludes halogenated alkanes) is 2. The molecule has 0 heterocycles. The van der Waals surface area contributed by atoms with E-state index in [-0.39, 0.29) is 11.3 Å². The second-order valence-corrected chi connectivity index (χ2v) is 11.4. The quantitative estimate of drug-likeness (QED) is 0.397. The van der Waals surface area contributed by atoms with Gasteiger partial charge in [0.15, 0.2) is 14.1 Å². The highest BCUT2D eigenvalue weighted by Crippen LogP contribution is 2.60. The van der Waals surface area contributed by atoms with E-state index in [0.29, 0.717) is 0 Å². The van der Waals surface area contributed by atoms with Gasteiger partial charge in [-0.3, -0.25) is 0 Å². The molecule has 1 aliphatic carbocycles. The van der Waals surface area contributed by atoms with E-state index >= 15 is 0 Å². The standard InChI is InChI=1S/C15H29NO2Si/c1-7-8-9-10-14(2)11-13(12-16)15(14,17-3)18-19(4,5)6/h13H,7-11H2,1-6H3. The fraction of sp³-hybridized carbons (Fsp3) is 0.933. The number of ether oxygens (including phenoxy) is 1. The number of hydrogen-bond donors (Lipinski definition) is 0. The fourth-order valence-corrected chi connectivity index (χ4v) is 4.65. The lowest BCUT2D eigenvalue weighted by molar-refractivity contribution is -0.326. The van der Waals surface area contributed by atoms with Gasteiger partial charge in [0, 0.05) is 12.5 Å². The van der Waals surface area contributed by atoms with E-state index in [9.17, 15) is 5.26 Å². The maximum atomic E-state index is 9.36. The lowest BCUT2D eigenvalue weighted by Crippen LogP contribution is -2.67. The lowest BCUT2D eigenvalue weighted by Gasteiger charge is -2.61. The molecule has 0 aromatic rings. The molecule has 1 fully saturated rings. The molecule has 1 aliphatic rings. The van der Waals surface area contributed by atoms with Crippen LogP contribution in [0.1, 0.15) is 46.0 Å². The van der Waals surface area contributed by atoms with Gasteiger partial charge in [-0.25, -0.2) is 0 Å². The molecule has 0 aromatic carbocycles. The van der Waals surface area contributed by atoms with Crippen LogP contribution in [-0.2, 0) is 9.16 Å². The number of hydrogen-bond acceptors (Lipinski definition) is 3. The molecule has 0 aliphatic heterocycles. The molecule has 4 heteroatoms. The van der Waals surface area contributed by atoms with E-state index in [2.05, 4.69) is 39.6 Å². The first-order valence-corrected chi connectivity index (χ1v) is 10.8. The van der Waals surface area contributed by atoms with Crippen LogP contribution in [0.15, 0.2) is 0 Å². The molecule has 1 saturated carbocycles. The molecule has 0 N–H and O–H groups in total. The molecule has 110 valence electrons. The average Bonchev–Trinajstić information content (AvgIpc) is 2.32. The minimum Gasteiger partial charge on any atom is -0.389 e. The smallest absolute Gasteiger partial charge is 0.187 e. The third-order valence-electron chi connectivity index (χ3n) is 4.20. The molecule has 3 atom stereocenters. The number of methoxy groups -OCH3 is 1. The molecule has 0 saturated heterocycles. The molecule has 0 bridgehead atoms. The summed E-state index contributed by atoms with van der Waals surface area (Å²) in [7, 11) is -0.0577. The predicted molar refractivity (Wildman–Crippen MR) is 80.1 cm³/mol. The SMILES string of the molecule is CCCCCC1(C)CC(C#N)C1(OC)O[Si](C)(C)C. The highest BCUT2D eigenvalue weighted by molar-refractivity contribution is 6.69. The van der Waals surface area contributed by atoms with E-state index < -0.39 is 14.1 Å². The van der Waals surface area contributed by atoms with Crippen molar-refractivity contribution in [1.82, 2.24) is 0 Å². The van der Waals surface area contributed by atoms with E-state index in [0.717, 1.165) is 12.8 Å². The first kappa shape index (κ1) is 16.7. The Hall–Kier alpha value is -0.373. The Bertz CT molecular complexity index is 347. The second kappa shape index (κ2) is 5.95. The molecule has 0 radical (unpaired) electrons. The summed E-state index contributed by atoms with van der Waals surface area (Å²) in [5, 5.41) is 9.36. The van der Waals surface area contributed by atoms with Crippen molar-refractivity contribution in [2.45, 2.75) is 71.4 Å². The summed E-state index contributed by atoms with van der Waals surface area (Å²) in [6, 6.07) is 2.38. The van der Waals surface area contributed by atoms with Crippen LogP contribution in [0.2, 0.25) is 19.6 Å². The van der Waals surface area contributed by atoms with Crippen LogP contribution in [-0.4, -0.2) is 21.2 Å². The first-order chi connectivity index (χ1) is 8.74. The van der Waals surface area contributed by atoms with E-state index in [1.807, 2.05) is 0 Å². The predicted octanol–water partition coefficient (Wildman–Crippen LogP) is 4.31. The third-order valence-corrected chi connectivity index (χ3v) is 5.12. The maximum absolute atomic E-state index is 9.36.